The van der Waals surface area contributed by atoms with Crippen LogP contribution in [0.4, 0.5) is 8.78 Å². The van der Waals surface area contributed by atoms with E-state index in [2.05, 4.69) is 38.5 Å². The van der Waals surface area contributed by atoms with E-state index in [1.165, 1.54) is 0 Å². The van der Waals surface area contributed by atoms with Crippen LogP contribution in [-0.4, -0.2) is 0 Å². The van der Waals surface area contributed by atoms with Gasteiger partial charge in [0.2, 0.25) is 0 Å². The molecule has 6 heteroatoms. The Kier molecular flexibility index (Phi) is 4.81. The fourth-order valence-electron chi connectivity index (χ4n) is 1.70. The lowest BCUT2D eigenvalue weighted by molar-refractivity contribution is 0.506. The zero-order valence-electron chi connectivity index (χ0n) is 9.43. The number of nitrogens with two attached hydrogens (primary N) is 1. The van der Waals surface area contributed by atoms with Gasteiger partial charge in [0.15, 0.2) is 11.6 Å². The summed E-state index contributed by atoms with van der Waals surface area (Å²) in [6.45, 7) is 0. The van der Waals surface area contributed by atoms with Gasteiger partial charge in [0.25, 0.3) is 0 Å². The molecule has 100 valence electrons. The topological polar surface area (TPSA) is 26.0 Å². The molecule has 0 aliphatic carbocycles. The predicted molar refractivity (Wildman–Crippen MR) is 84.3 cm³/mol. The maximum Gasteiger partial charge on any atom is 0.160 e. The van der Waals surface area contributed by atoms with E-state index in [0.717, 1.165) is 25.7 Å². The minimum absolute atomic E-state index is 0.113. The molecule has 1 unspecified atom stereocenters. The first-order valence-electron chi connectivity index (χ1n) is 5.25. The maximum absolute atomic E-state index is 13.3. The maximum atomic E-state index is 13.3. The zero-order chi connectivity index (χ0) is 14.2. The summed E-state index contributed by atoms with van der Waals surface area (Å²) in [4.78, 5) is 0. The molecule has 1 atom stereocenters. The number of halogens is 5. The second-order valence-corrected chi connectivity index (χ2v) is 6.42. The van der Waals surface area contributed by atoms with Crippen molar-refractivity contribution in [3.8, 4) is 0 Å². The second kappa shape index (κ2) is 6.03. The average molecular weight is 458 g/mol. The third-order valence-corrected chi connectivity index (χ3v) is 4.47. The molecule has 0 aromatic heterocycles. The highest BCUT2D eigenvalue weighted by Gasteiger charge is 2.18. The zero-order valence-corrected chi connectivity index (χ0v) is 13.9. The van der Waals surface area contributed by atoms with Crippen LogP contribution in [0.5, 0.6) is 0 Å². The van der Waals surface area contributed by atoms with E-state index >= 15 is 0 Å². The first-order chi connectivity index (χ1) is 8.90. The second-order valence-electron chi connectivity index (χ2n) is 3.93. The number of hydrogen-bond acceptors (Lipinski definition) is 1. The molecule has 2 aromatic rings. The van der Waals surface area contributed by atoms with E-state index in [1.807, 2.05) is 18.2 Å². The summed E-state index contributed by atoms with van der Waals surface area (Å²) in [5, 5.41) is 0.113. The summed E-state index contributed by atoms with van der Waals surface area (Å²) < 4.78 is 28.2. The highest BCUT2D eigenvalue weighted by Crippen LogP contribution is 2.32. The lowest BCUT2D eigenvalue weighted by Gasteiger charge is -2.16. The van der Waals surface area contributed by atoms with Crippen molar-refractivity contribution >= 4 is 50.1 Å². The number of benzene rings is 2. The van der Waals surface area contributed by atoms with E-state index in [-0.39, 0.29) is 5.02 Å². The highest BCUT2D eigenvalue weighted by atomic mass is 127. The molecule has 0 saturated heterocycles. The van der Waals surface area contributed by atoms with Crippen molar-refractivity contribution in [3.05, 3.63) is 66.2 Å². The molecule has 0 amide bonds. The van der Waals surface area contributed by atoms with Crippen molar-refractivity contribution < 1.29 is 8.78 Å². The summed E-state index contributed by atoms with van der Waals surface area (Å²) in [6, 6.07) is 6.96. The Hall–Kier alpha value is -0.240. The summed E-state index contributed by atoms with van der Waals surface area (Å²) >= 11 is 11.4. The molecule has 0 aliphatic heterocycles. The van der Waals surface area contributed by atoms with Crippen LogP contribution in [0.1, 0.15) is 17.2 Å². The number of rotatable bonds is 2. The van der Waals surface area contributed by atoms with Crippen molar-refractivity contribution in [2.24, 2.45) is 5.73 Å². The van der Waals surface area contributed by atoms with Crippen LogP contribution in [0.25, 0.3) is 0 Å². The Balaban J connectivity index is 2.52. The molecule has 2 aromatic carbocycles. The minimum Gasteiger partial charge on any atom is -0.320 e. The molecule has 0 radical (unpaired) electrons. The first kappa shape index (κ1) is 15.2. The summed E-state index contributed by atoms with van der Waals surface area (Å²) in [5.41, 5.74) is 7.26. The van der Waals surface area contributed by atoms with Gasteiger partial charge >= 0.3 is 0 Å². The molecular formula is C13H8BrClF2IN. The van der Waals surface area contributed by atoms with Gasteiger partial charge in [-0.25, -0.2) is 8.78 Å². The van der Waals surface area contributed by atoms with Crippen LogP contribution in [-0.2, 0) is 0 Å². The van der Waals surface area contributed by atoms with Gasteiger partial charge in [0, 0.05) is 13.1 Å². The van der Waals surface area contributed by atoms with Crippen LogP contribution in [0.15, 0.2) is 34.8 Å². The normalized spacial score (nSPS) is 12.5. The van der Waals surface area contributed by atoms with Crippen molar-refractivity contribution in [2.45, 2.75) is 6.04 Å². The van der Waals surface area contributed by atoms with E-state index < -0.39 is 17.7 Å². The van der Waals surface area contributed by atoms with E-state index in [0.29, 0.717) is 5.56 Å². The van der Waals surface area contributed by atoms with Crippen molar-refractivity contribution in [3.63, 3.8) is 0 Å². The third-order valence-electron chi connectivity index (χ3n) is 2.67. The van der Waals surface area contributed by atoms with Crippen LogP contribution in [0.3, 0.4) is 0 Å². The molecular weight excluding hydrogens is 450 g/mol. The van der Waals surface area contributed by atoms with Gasteiger partial charge in [-0.15, -0.1) is 0 Å². The van der Waals surface area contributed by atoms with Gasteiger partial charge in [-0.05, 0) is 64.0 Å². The van der Waals surface area contributed by atoms with Crippen molar-refractivity contribution in [1.29, 1.82) is 0 Å². The molecule has 0 fully saturated rings. The lowest BCUT2D eigenvalue weighted by Crippen LogP contribution is -2.14. The Bertz CT molecular complexity index is 636. The van der Waals surface area contributed by atoms with E-state index in [1.54, 1.807) is 0 Å². The largest absolute Gasteiger partial charge is 0.320 e. The molecule has 19 heavy (non-hydrogen) atoms. The SMILES string of the molecule is NC(c1cc(F)c(F)cc1Cl)c1cc(Br)ccc1I. The standard InChI is InChI=1S/C13H8BrClF2IN/c14-6-1-2-12(18)8(3-6)13(19)7-4-10(16)11(17)5-9(7)15/h1-5,13H,19H2. The molecule has 0 saturated carbocycles. The Labute approximate surface area is 136 Å². The van der Waals surface area contributed by atoms with Crippen LogP contribution >= 0.6 is 50.1 Å². The fourth-order valence-corrected chi connectivity index (χ4v) is 3.01. The molecule has 0 heterocycles. The summed E-state index contributed by atoms with van der Waals surface area (Å²) in [5.74, 6) is -1.94. The van der Waals surface area contributed by atoms with E-state index in [9.17, 15) is 8.78 Å². The van der Waals surface area contributed by atoms with Gasteiger partial charge in [-0.1, -0.05) is 27.5 Å². The summed E-state index contributed by atoms with van der Waals surface area (Å²) in [7, 11) is 0. The van der Waals surface area contributed by atoms with Gasteiger partial charge in [0.05, 0.1) is 6.04 Å². The smallest absolute Gasteiger partial charge is 0.160 e. The van der Waals surface area contributed by atoms with Crippen molar-refractivity contribution in [2.75, 3.05) is 0 Å². The predicted octanol–water partition coefficient (Wildman–Crippen LogP) is 5.03. The fraction of sp³-hybridized carbons (Fsp3) is 0.0769. The van der Waals surface area contributed by atoms with Crippen LogP contribution < -0.4 is 5.73 Å². The number of hydrogen-bond donors (Lipinski definition) is 1. The minimum atomic E-state index is -0.982. The van der Waals surface area contributed by atoms with Gasteiger partial charge < -0.3 is 5.73 Å². The average Bonchev–Trinajstić information content (AvgIpc) is 2.36. The van der Waals surface area contributed by atoms with Gasteiger partial charge in [-0.2, -0.15) is 0 Å². The summed E-state index contributed by atoms with van der Waals surface area (Å²) in [6.07, 6.45) is 0. The van der Waals surface area contributed by atoms with E-state index in [4.69, 9.17) is 17.3 Å². The highest BCUT2D eigenvalue weighted by molar-refractivity contribution is 14.1. The molecule has 0 bridgehead atoms. The van der Waals surface area contributed by atoms with Gasteiger partial charge in [-0.3, -0.25) is 0 Å². The van der Waals surface area contributed by atoms with Gasteiger partial charge in [0.1, 0.15) is 0 Å². The Morgan fingerprint density at radius 3 is 2.42 bits per heavy atom. The van der Waals surface area contributed by atoms with Crippen LogP contribution in [0.2, 0.25) is 5.02 Å². The molecule has 2 N–H and O–H groups in total. The molecule has 1 nitrogen and oxygen atoms in total. The molecule has 0 spiro atoms. The van der Waals surface area contributed by atoms with Crippen molar-refractivity contribution in [1.82, 2.24) is 0 Å². The Morgan fingerprint density at radius 2 is 1.74 bits per heavy atom. The molecule has 0 aliphatic rings. The lowest BCUT2D eigenvalue weighted by atomic mass is 9.99. The monoisotopic (exact) mass is 457 g/mol. The first-order valence-corrected chi connectivity index (χ1v) is 7.50. The molecule has 2 rings (SSSR count). The van der Waals surface area contributed by atoms with Crippen LogP contribution in [0, 0.1) is 15.2 Å². The Morgan fingerprint density at radius 1 is 1.11 bits per heavy atom. The third kappa shape index (κ3) is 3.26. The quantitative estimate of drug-likeness (QED) is 0.496.